The van der Waals surface area contributed by atoms with Crippen molar-refractivity contribution in [2.75, 3.05) is 10.8 Å². The quantitative estimate of drug-likeness (QED) is 0.190. The van der Waals surface area contributed by atoms with E-state index in [9.17, 15) is 18.0 Å². The summed E-state index contributed by atoms with van der Waals surface area (Å²) in [5.41, 5.74) is 2.81. The summed E-state index contributed by atoms with van der Waals surface area (Å²) in [5, 5.41) is 3.60. The SMILES string of the molecule is Cc1ccccc1N(CC(=O)N(Cc1ccccc1)[C@H](Cc1ccccc1)C(=O)NC1CCCC1)S(=O)(=O)c1ccc(Cl)cc1. The highest BCUT2D eigenvalue weighted by atomic mass is 35.5. The zero-order chi connectivity index (χ0) is 31.8. The van der Waals surface area contributed by atoms with Crippen LogP contribution in [0.2, 0.25) is 5.02 Å². The zero-order valence-corrected chi connectivity index (χ0v) is 26.9. The summed E-state index contributed by atoms with van der Waals surface area (Å²) in [6.45, 7) is 1.45. The van der Waals surface area contributed by atoms with Crippen LogP contribution in [0.25, 0.3) is 0 Å². The van der Waals surface area contributed by atoms with Crippen molar-refractivity contribution in [3.63, 3.8) is 0 Å². The van der Waals surface area contributed by atoms with E-state index in [1.54, 1.807) is 25.1 Å². The number of sulfonamides is 1. The molecule has 0 saturated heterocycles. The van der Waals surface area contributed by atoms with Crippen molar-refractivity contribution < 1.29 is 18.0 Å². The Morgan fingerprint density at radius 2 is 1.40 bits per heavy atom. The van der Waals surface area contributed by atoms with Gasteiger partial charge in [0.25, 0.3) is 10.0 Å². The number of nitrogens with zero attached hydrogens (tertiary/aromatic N) is 2. The fourth-order valence-electron chi connectivity index (χ4n) is 5.79. The lowest BCUT2D eigenvalue weighted by Crippen LogP contribution is -2.54. The first-order valence-electron chi connectivity index (χ1n) is 15.2. The third-order valence-electron chi connectivity index (χ3n) is 8.23. The summed E-state index contributed by atoms with van der Waals surface area (Å²) in [6.07, 6.45) is 4.18. The maximum atomic E-state index is 14.6. The monoisotopic (exact) mass is 643 g/mol. The second-order valence-electron chi connectivity index (χ2n) is 11.5. The minimum atomic E-state index is -4.19. The molecule has 0 unspecified atom stereocenters. The molecule has 4 aromatic carbocycles. The molecular formula is C36H38ClN3O4S. The van der Waals surface area contributed by atoms with Crippen molar-refractivity contribution in [3.8, 4) is 0 Å². The number of aryl methyl sites for hydroxylation is 1. The van der Waals surface area contributed by atoms with Gasteiger partial charge in [0.1, 0.15) is 12.6 Å². The van der Waals surface area contributed by atoms with Gasteiger partial charge in [0.2, 0.25) is 11.8 Å². The molecule has 45 heavy (non-hydrogen) atoms. The average Bonchev–Trinajstić information content (AvgIpc) is 3.56. The maximum absolute atomic E-state index is 14.6. The molecule has 0 radical (unpaired) electrons. The van der Waals surface area contributed by atoms with E-state index in [1.165, 1.54) is 29.2 Å². The molecule has 0 aromatic heterocycles. The van der Waals surface area contributed by atoms with Gasteiger partial charge in [-0.3, -0.25) is 13.9 Å². The van der Waals surface area contributed by atoms with Crippen molar-refractivity contribution in [2.24, 2.45) is 0 Å². The number of nitrogens with one attached hydrogen (secondary N) is 1. The van der Waals surface area contributed by atoms with Gasteiger partial charge >= 0.3 is 0 Å². The second-order valence-corrected chi connectivity index (χ2v) is 13.8. The van der Waals surface area contributed by atoms with Gasteiger partial charge in [0.15, 0.2) is 0 Å². The number of hydrogen-bond donors (Lipinski definition) is 1. The largest absolute Gasteiger partial charge is 0.352 e. The first-order chi connectivity index (χ1) is 21.7. The van der Waals surface area contributed by atoms with E-state index >= 15 is 0 Å². The van der Waals surface area contributed by atoms with E-state index in [0.717, 1.165) is 41.1 Å². The molecule has 0 heterocycles. The molecule has 1 N–H and O–H groups in total. The van der Waals surface area contributed by atoms with Crippen molar-refractivity contribution in [2.45, 2.75) is 62.6 Å². The second kappa shape index (κ2) is 14.8. The molecule has 2 amide bonds. The summed E-state index contributed by atoms with van der Waals surface area (Å²) >= 11 is 6.07. The predicted octanol–water partition coefficient (Wildman–Crippen LogP) is 6.54. The topological polar surface area (TPSA) is 86.8 Å². The van der Waals surface area contributed by atoms with E-state index in [0.29, 0.717) is 16.3 Å². The van der Waals surface area contributed by atoms with Gasteiger partial charge in [0.05, 0.1) is 10.6 Å². The van der Waals surface area contributed by atoms with Crippen LogP contribution in [0.15, 0.2) is 114 Å². The molecule has 1 fully saturated rings. The van der Waals surface area contributed by atoms with Crippen LogP contribution in [0, 0.1) is 6.92 Å². The molecule has 1 aliphatic rings. The van der Waals surface area contributed by atoms with Crippen LogP contribution in [-0.2, 0) is 32.6 Å². The molecule has 7 nitrogen and oxygen atoms in total. The normalized spacial score (nSPS) is 14.1. The Balaban J connectivity index is 1.56. The Labute approximate surface area is 270 Å². The third kappa shape index (κ3) is 8.12. The number of anilines is 1. The number of carbonyl (C=O) groups excluding carboxylic acids is 2. The summed E-state index contributed by atoms with van der Waals surface area (Å²) in [7, 11) is -4.19. The molecule has 1 atom stereocenters. The maximum Gasteiger partial charge on any atom is 0.264 e. The molecule has 0 bridgehead atoms. The van der Waals surface area contributed by atoms with Crippen LogP contribution in [0.3, 0.4) is 0 Å². The fourth-order valence-corrected chi connectivity index (χ4v) is 7.40. The fraction of sp³-hybridized carbons (Fsp3) is 0.278. The number of rotatable bonds is 12. The van der Waals surface area contributed by atoms with Crippen LogP contribution >= 0.6 is 11.6 Å². The molecule has 9 heteroatoms. The Morgan fingerprint density at radius 1 is 0.822 bits per heavy atom. The van der Waals surface area contributed by atoms with Gasteiger partial charge in [-0.25, -0.2) is 8.42 Å². The molecule has 4 aromatic rings. The summed E-state index contributed by atoms with van der Waals surface area (Å²) < 4.78 is 29.5. The van der Waals surface area contributed by atoms with Crippen molar-refractivity contribution >= 4 is 39.1 Å². The molecule has 234 valence electrons. The summed E-state index contributed by atoms with van der Waals surface area (Å²) in [4.78, 5) is 30.2. The number of para-hydroxylation sites is 1. The first kappa shape index (κ1) is 32.3. The summed E-state index contributed by atoms with van der Waals surface area (Å²) in [6, 6.07) is 31.2. The van der Waals surface area contributed by atoms with Crippen LogP contribution in [-0.4, -0.2) is 43.8 Å². The number of carbonyl (C=O) groups is 2. The van der Waals surface area contributed by atoms with E-state index in [1.807, 2.05) is 66.7 Å². The number of amides is 2. The Kier molecular flexibility index (Phi) is 10.6. The third-order valence-corrected chi connectivity index (χ3v) is 10.3. The van der Waals surface area contributed by atoms with Crippen LogP contribution < -0.4 is 9.62 Å². The molecule has 5 rings (SSSR count). The highest BCUT2D eigenvalue weighted by molar-refractivity contribution is 7.92. The van der Waals surface area contributed by atoms with Gasteiger partial charge in [-0.1, -0.05) is 103 Å². The Morgan fingerprint density at radius 3 is 2.02 bits per heavy atom. The minimum Gasteiger partial charge on any atom is -0.352 e. The van der Waals surface area contributed by atoms with Crippen LogP contribution in [0.5, 0.6) is 0 Å². The number of hydrogen-bond acceptors (Lipinski definition) is 4. The lowest BCUT2D eigenvalue weighted by molar-refractivity contribution is -0.140. The Bertz CT molecular complexity index is 1690. The molecule has 0 aliphatic heterocycles. The lowest BCUT2D eigenvalue weighted by atomic mass is 10.0. The lowest BCUT2D eigenvalue weighted by Gasteiger charge is -2.34. The van der Waals surface area contributed by atoms with Crippen molar-refractivity contribution in [1.29, 1.82) is 0 Å². The summed E-state index contributed by atoms with van der Waals surface area (Å²) in [5.74, 6) is -0.722. The van der Waals surface area contributed by atoms with Crippen LogP contribution in [0.4, 0.5) is 5.69 Å². The molecular weight excluding hydrogens is 606 g/mol. The van der Waals surface area contributed by atoms with Crippen molar-refractivity contribution in [1.82, 2.24) is 10.2 Å². The molecule has 0 spiro atoms. The minimum absolute atomic E-state index is 0.0115. The van der Waals surface area contributed by atoms with E-state index < -0.39 is 28.5 Å². The highest BCUT2D eigenvalue weighted by Crippen LogP contribution is 2.28. The van der Waals surface area contributed by atoms with E-state index in [-0.39, 0.29) is 29.8 Å². The predicted molar refractivity (Wildman–Crippen MR) is 178 cm³/mol. The van der Waals surface area contributed by atoms with Gasteiger partial charge in [-0.2, -0.15) is 0 Å². The van der Waals surface area contributed by atoms with E-state index in [4.69, 9.17) is 11.6 Å². The molecule has 1 aliphatic carbocycles. The standard InChI is InChI=1S/C36H38ClN3O4S/c1-27-12-8-11-19-33(27)40(45(43,44)32-22-20-30(37)21-23-32)26-35(41)39(25-29-15-6-3-7-16-29)34(24-28-13-4-2-5-14-28)36(42)38-31-17-9-10-18-31/h2-8,11-16,19-23,31,34H,9-10,17-18,24-26H2,1H3,(H,38,42)/t34-/m1/s1. The van der Waals surface area contributed by atoms with E-state index in [2.05, 4.69) is 5.32 Å². The Hall–Kier alpha value is -4.14. The van der Waals surface area contributed by atoms with Crippen molar-refractivity contribution in [3.05, 3.63) is 131 Å². The average molecular weight is 644 g/mol. The number of benzene rings is 4. The zero-order valence-electron chi connectivity index (χ0n) is 25.3. The van der Waals surface area contributed by atoms with Gasteiger partial charge in [-0.05, 0) is 66.8 Å². The van der Waals surface area contributed by atoms with Gasteiger partial charge < -0.3 is 10.2 Å². The van der Waals surface area contributed by atoms with Crippen LogP contribution in [0.1, 0.15) is 42.4 Å². The molecule has 1 saturated carbocycles. The highest BCUT2D eigenvalue weighted by Gasteiger charge is 2.35. The van der Waals surface area contributed by atoms with Gasteiger partial charge in [0, 0.05) is 24.0 Å². The smallest absolute Gasteiger partial charge is 0.264 e. The van der Waals surface area contributed by atoms with Gasteiger partial charge in [-0.15, -0.1) is 0 Å². The number of halogens is 1. The first-order valence-corrected chi connectivity index (χ1v) is 17.1.